The van der Waals surface area contributed by atoms with Crippen molar-refractivity contribution in [3.8, 4) is 0 Å². The van der Waals surface area contributed by atoms with Crippen molar-refractivity contribution in [3.63, 3.8) is 0 Å². The van der Waals surface area contributed by atoms with Gasteiger partial charge in [0, 0.05) is 6.08 Å². The van der Waals surface area contributed by atoms with Crippen molar-refractivity contribution in [2.45, 2.75) is 51.4 Å². The second kappa shape index (κ2) is 11.7. The molecule has 11 nitrogen and oxygen atoms in total. The Morgan fingerprint density at radius 2 is 1.27 bits per heavy atom. The summed E-state index contributed by atoms with van der Waals surface area (Å²) < 4.78 is 8.70. The molecule has 4 N–H and O–H groups in total. The minimum Gasteiger partial charge on any atom is -0.481 e. The van der Waals surface area contributed by atoms with E-state index in [4.69, 9.17) is 25.2 Å². The lowest BCUT2D eigenvalue weighted by molar-refractivity contribution is -0.174. The zero-order chi connectivity index (χ0) is 21.1. The van der Waals surface area contributed by atoms with Gasteiger partial charge in [0.2, 0.25) is 0 Å². The monoisotopic (exact) mass is 378 g/mol. The molecule has 0 aromatic carbocycles. The number of ether oxygens (including phenoxy) is 2. The number of carbonyl (C=O) groups is 5. The highest BCUT2D eigenvalue weighted by molar-refractivity contribution is 5.92. The summed E-state index contributed by atoms with van der Waals surface area (Å²) in [5.74, 6) is -6.49. The normalized spacial score (nSPS) is 12.5. The number of hydrogen-bond acceptors (Lipinski definition) is 9. The number of aliphatic carboxylic acids is 2. The Kier molecular flexibility index (Phi) is 11.5. The largest absolute Gasteiger partial charge is 0.481 e. The summed E-state index contributed by atoms with van der Waals surface area (Å²) in [6.45, 7) is 8.71. The van der Waals surface area contributed by atoms with Crippen LogP contribution in [-0.4, -0.2) is 68.1 Å². The maximum absolute atomic E-state index is 10.9. The lowest BCUT2D eigenvalue weighted by Crippen LogP contribution is -2.33. The van der Waals surface area contributed by atoms with Gasteiger partial charge in [0.1, 0.15) is 5.60 Å². The highest BCUT2D eigenvalue weighted by atomic mass is 16.6. The molecule has 148 valence electrons. The summed E-state index contributed by atoms with van der Waals surface area (Å²) in [6.07, 6.45) is -4.91. The molecule has 0 bridgehead atoms. The van der Waals surface area contributed by atoms with Crippen molar-refractivity contribution in [2.24, 2.45) is 0 Å². The molecule has 0 amide bonds. The van der Waals surface area contributed by atoms with E-state index in [1.807, 2.05) is 20.8 Å². The van der Waals surface area contributed by atoms with Crippen LogP contribution in [0.5, 0.6) is 0 Å². The Bertz CT molecular complexity index is 512. The lowest BCUT2D eigenvalue weighted by atomic mass is 10.2. The Morgan fingerprint density at radius 1 is 0.923 bits per heavy atom. The van der Waals surface area contributed by atoms with Gasteiger partial charge in [-0.2, -0.15) is 0 Å². The molecule has 0 aliphatic rings. The van der Waals surface area contributed by atoms with Gasteiger partial charge < -0.3 is 29.9 Å². The highest BCUT2D eigenvalue weighted by Gasteiger charge is 2.27. The van der Waals surface area contributed by atoms with Crippen molar-refractivity contribution < 1.29 is 53.9 Å². The van der Waals surface area contributed by atoms with Gasteiger partial charge in [-0.15, -0.1) is 0 Å². The third-order valence-electron chi connectivity index (χ3n) is 2.05. The Labute approximate surface area is 148 Å². The molecule has 0 saturated heterocycles. The van der Waals surface area contributed by atoms with Gasteiger partial charge in [-0.3, -0.25) is 9.59 Å². The number of carboxylic acid groups (broad SMARTS) is 2. The smallest absolute Gasteiger partial charge is 0.343 e. The van der Waals surface area contributed by atoms with E-state index in [9.17, 15) is 24.0 Å². The molecule has 26 heavy (non-hydrogen) atoms. The van der Waals surface area contributed by atoms with Crippen LogP contribution in [0.1, 0.15) is 33.6 Å². The summed E-state index contributed by atoms with van der Waals surface area (Å²) in [7, 11) is 0. The van der Waals surface area contributed by atoms with Crippen molar-refractivity contribution >= 4 is 29.8 Å². The first kappa shape index (κ1) is 25.5. The molecule has 0 radical (unpaired) electrons. The Morgan fingerprint density at radius 3 is 1.46 bits per heavy atom. The molecule has 0 aliphatic carbocycles. The average molecular weight is 378 g/mol. The second-order valence-corrected chi connectivity index (χ2v) is 5.71. The fraction of sp³-hybridized carbons (Fsp3) is 0.533. The van der Waals surface area contributed by atoms with Gasteiger partial charge in [0.15, 0.2) is 12.2 Å². The van der Waals surface area contributed by atoms with Gasteiger partial charge in [-0.1, -0.05) is 6.58 Å². The van der Waals surface area contributed by atoms with E-state index in [1.165, 1.54) is 0 Å². The Hall–Kier alpha value is -2.79. The lowest BCUT2D eigenvalue weighted by Gasteiger charge is -2.17. The molecule has 0 aromatic heterocycles. The third kappa shape index (κ3) is 14.8. The van der Waals surface area contributed by atoms with E-state index < -0.39 is 54.5 Å². The standard InChI is InChI=1S/C8H10O9.C7H12O2/c9-3(1-5(11)12)7(15)17-8(16)4(10)2-6(13)14;1-5-6(8)9-7(2,3)4/h3-4,9-10H,1-2H2,(H,11,12)(H,13,14);5H,1H2,2-4H3. The Balaban J connectivity index is 0. The minimum absolute atomic E-state index is 0.373. The number of carboxylic acids is 2. The van der Waals surface area contributed by atoms with Crippen molar-refractivity contribution in [1.82, 2.24) is 0 Å². The van der Waals surface area contributed by atoms with Gasteiger partial charge in [-0.05, 0) is 20.8 Å². The quantitative estimate of drug-likeness (QED) is 0.248. The van der Waals surface area contributed by atoms with Gasteiger partial charge >= 0.3 is 29.8 Å². The predicted molar refractivity (Wildman–Crippen MR) is 83.7 cm³/mol. The molecule has 0 fully saturated rings. The van der Waals surface area contributed by atoms with E-state index in [2.05, 4.69) is 11.3 Å². The summed E-state index contributed by atoms with van der Waals surface area (Å²) in [5, 5.41) is 34.2. The fourth-order valence-corrected chi connectivity index (χ4v) is 1.08. The number of hydrogen-bond donors (Lipinski definition) is 4. The van der Waals surface area contributed by atoms with Crippen LogP contribution < -0.4 is 0 Å². The van der Waals surface area contributed by atoms with Crippen LogP contribution in [0.15, 0.2) is 12.7 Å². The molecule has 0 heterocycles. The maximum Gasteiger partial charge on any atom is 0.343 e. The van der Waals surface area contributed by atoms with Crippen molar-refractivity contribution in [2.75, 3.05) is 0 Å². The zero-order valence-electron chi connectivity index (χ0n) is 14.5. The first-order valence-electron chi connectivity index (χ1n) is 7.10. The first-order chi connectivity index (χ1) is 11.7. The average Bonchev–Trinajstić information content (AvgIpc) is 2.44. The van der Waals surface area contributed by atoms with Crippen LogP contribution >= 0.6 is 0 Å². The summed E-state index contributed by atoms with van der Waals surface area (Å²) in [4.78, 5) is 52.4. The van der Waals surface area contributed by atoms with Gasteiger partial charge in [-0.25, -0.2) is 14.4 Å². The van der Waals surface area contributed by atoms with Crippen LogP contribution in [-0.2, 0) is 33.4 Å². The van der Waals surface area contributed by atoms with E-state index in [-0.39, 0.29) is 5.97 Å². The molecule has 0 aromatic rings. The number of carbonyl (C=O) groups excluding carboxylic acids is 3. The molecule has 0 rings (SSSR count). The topological polar surface area (TPSA) is 185 Å². The van der Waals surface area contributed by atoms with Crippen LogP contribution in [0.25, 0.3) is 0 Å². The number of aliphatic hydroxyl groups excluding tert-OH is 2. The van der Waals surface area contributed by atoms with Crippen molar-refractivity contribution in [3.05, 3.63) is 12.7 Å². The first-order valence-corrected chi connectivity index (χ1v) is 7.10. The third-order valence-corrected chi connectivity index (χ3v) is 2.05. The molecule has 2 unspecified atom stereocenters. The highest BCUT2D eigenvalue weighted by Crippen LogP contribution is 2.06. The number of aliphatic hydroxyl groups is 2. The molecule has 2 atom stereocenters. The zero-order valence-corrected chi connectivity index (χ0v) is 14.5. The molecule has 11 heteroatoms. The van der Waals surface area contributed by atoms with Gasteiger partial charge in [0.25, 0.3) is 0 Å². The van der Waals surface area contributed by atoms with Crippen LogP contribution in [0.3, 0.4) is 0 Å². The second-order valence-electron chi connectivity index (χ2n) is 5.71. The summed E-state index contributed by atoms with van der Waals surface area (Å²) in [5.41, 5.74) is -0.398. The molecule has 0 spiro atoms. The van der Waals surface area contributed by atoms with E-state index in [0.717, 1.165) is 6.08 Å². The predicted octanol–water partition coefficient (Wildman–Crippen LogP) is -0.758. The molecule has 0 aliphatic heterocycles. The number of esters is 3. The van der Waals surface area contributed by atoms with Crippen LogP contribution in [0.4, 0.5) is 0 Å². The van der Waals surface area contributed by atoms with Crippen LogP contribution in [0.2, 0.25) is 0 Å². The van der Waals surface area contributed by atoms with E-state index in [1.54, 1.807) is 0 Å². The fourth-order valence-electron chi connectivity index (χ4n) is 1.08. The SMILES string of the molecule is C=CC(=O)OC(C)(C)C.O=C(O)CC(O)C(=O)OC(=O)C(O)CC(=O)O. The minimum atomic E-state index is -2.06. The van der Waals surface area contributed by atoms with Crippen LogP contribution in [0, 0.1) is 0 Å². The number of rotatable bonds is 7. The molecular formula is C15H22O11. The van der Waals surface area contributed by atoms with E-state index >= 15 is 0 Å². The van der Waals surface area contributed by atoms with E-state index in [0.29, 0.717) is 0 Å². The molecular weight excluding hydrogens is 356 g/mol. The van der Waals surface area contributed by atoms with Crippen molar-refractivity contribution in [1.29, 1.82) is 0 Å². The van der Waals surface area contributed by atoms with Gasteiger partial charge in [0.05, 0.1) is 12.8 Å². The molecule has 0 saturated carbocycles. The summed E-state index contributed by atoms with van der Waals surface area (Å²) in [6, 6.07) is 0. The summed E-state index contributed by atoms with van der Waals surface area (Å²) >= 11 is 0. The maximum atomic E-state index is 10.9.